The van der Waals surface area contributed by atoms with Crippen LogP contribution in [0.15, 0.2) is 17.5 Å². The van der Waals surface area contributed by atoms with Gasteiger partial charge >= 0.3 is 0 Å². The van der Waals surface area contributed by atoms with Gasteiger partial charge in [-0.25, -0.2) is 0 Å². The number of nitrogens with zero attached hydrogens (tertiary/aromatic N) is 2. The molecule has 1 aliphatic rings. The second-order valence-corrected chi connectivity index (χ2v) is 7.09. The molecule has 0 saturated carbocycles. The molecule has 23 heavy (non-hydrogen) atoms. The lowest BCUT2D eigenvalue weighted by Crippen LogP contribution is -2.47. The first kappa shape index (κ1) is 17.9. The average molecular weight is 338 g/mol. The number of hydrogen-bond acceptors (Lipinski definition) is 4. The summed E-state index contributed by atoms with van der Waals surface area (Å²) in [5.74, 6) is 0.0213. The van der Waals surface area contributed by atoms with Crippen molar-refractivity contribution < 1.29 is 14.3 Å². The number of ether oxygens (including phenoxy) is 1. The lowest BCUT2D eigenvalue weighted by atomic mass is 9.95. The summed E-state index contributed by atoms with van der Waals surface area (Å²) < 4.78 is 5.02. The van der Waals surface area contributed by atoms with Gasteiger partial charge in [-0.1, -0.05) is 6.07 Å². The maximum atomic E-state index is 12.7. The third-order valence-corrected chi connectivity index (χ3v) is 5.48. The zero-order valence-electron chi connectivity index (χ0n) is 14.2. The lowest BCUT2D eigenvalue weighted by Gasteiger charge is -2.35. The van der Waals surface area contributed by atoms with E-state index in [1.807, 2.05) is 29.3 Å². The van der Waals surface area contributed by atoms with E-state index in [2.05, 4.69) is 0 Å². The van der Waals surface area contributed by atoms with Crippen LogP contribution < -0.4 is 0 Å². The molecule has 1 aromatic rings. The Morgan fingerprint density at radius 1 is 1.52 bits per heavy atom. The first-order valence-electron chi connectivity index (χ1n) is 8.10. The highest BCUT2D eigenvalue weighted by Gasteiger charge is 2.32. The van der Waals surface area contributed by atoms with Crippen LogP contribution in [0.3, 0.4) is 0 Å². The van der Waals surface area contributed by atoms with Crippen LogP contribution in [-0.2, 0) is 14.3 Å². The van der Waals surface area contributed by atoms with Gasteiger partial charge in [0.15, 0.2) is 0 Å². The second-order valence-electron chi connectivity index (χ2n) is 6.11. The zero-order chi connectivity index (χ0) is 16.8. The molecule has 128 valence electrons. The lowest BCUT2D eigenvalue weighted by molar-refractivity contribution is -0.140. The second kappa shape index (κ2) is 8.45. The molecule has 2 rings (SSSR count). The Kier molecular flexibility index (Phi) is 6.59. The summed E-state index contributed by atoms with van der Waals surface area (Å²) in [6.07, 6.45) is 1.74. The number of amides is 2. The quantitative estimate of drug-likeness (QED) is 0.799. The fourth-order valence-electron chi connectivity index (χ4n) is 2.96. The Hall–Kier alpha value is -1.40. The van der Waals surface area contributed by atoms with Gasteiger partial charge in [0, 0.05) is 38.7 Å². The molecule has 2 heterocycles. The van der Waals surface area contributed by atoms with Gasteiger partial charge in [-0.15, -0.1) is 11.3 Å². The first-order chi connectivity index (χ1) is 11.0. The number of carbonyl (C=O) groups excluding carboxylic acids is 2. The van der Waals surface area contributed by atoms with E-state index < -0.39 is 0 Å². The highest BCUT2D eigenvalue weighted by atomic mass is 32.1. The van der Waals surface area contributed by atoms with Crippen LogP contribution >= 0.6 is 11.3 Å². The molecular formula is C17H26N2O3S. The number of carbonyl (C=O) groups is 2. The molecule has 0 unspecified atom stereocenters. The normalized spacial score (nSPS) is 19.4. The van der Waals surface area contributed by atoms with Crippen LogP contribution in [0.4, 0.5) is 0 Å². The van der Waals surface area contributed by atoms with E-state index in [-0.39, 0.29) is 23.7 Å². The zero-order valence-corrected chi connectivity index (χ0v) is 15.0. The van der Waals surface area contributed by atoms with E-state index in [9.17, 15) is 9.59 Å². The van der Waals surface area contributed by atoms with E-state index in [1.165, 1.54) is 0 Å². The summed E-state index contributed by atoms with van der Waals surface area (Å²) in [5.41, 5.74) is 0. The van der Waals surface area contributed by atoms with Crippen LogP contribution in [-0.4, -0.2) is 62.0 Å². The van der Waals surface area contributed by atoms with Gasteiger partial charge in [-0.2, -0.15) is 0 Å². The predicted octanol–water partition coefficient (Wildman–Crippen LogP) is 2.20. The number of rotatable bonds is 6. The fraction of sp³-hybridized carbons (Fsp3) is 0.647. The summed E-state index contributed by atoms with van der Waals surface area (Å²) in [6.45, 7) is 4.35. The van der Waals surface area contributed by atoms with E-state index >= 15 is 0 Å². The number of methoxy groups -OCH3 is 1. The van der Waals surface area contributed by atoms with E-state index in [0.717, 1.165) is 24.3 Å². The Balaban J connectivity index is 1.94. The third kappa shape index (κ3) is 4.54. The Morgan fingerprint density at radius 3 is 2.96 bits per heavy atom. The molecule has 0 aliphatic carbocycles. The van der Waals surface area contributed by atoms with Crippen molar-refractivity contribution in [1.82, 2.24) is 9.80 Å². The molecule has 1 aliphatic heterocycles. The number of likely N-dealkylation sites (tertiary alicyclic amines) is 1. The van der Waals surface area contributed by atoms with Crippen LogP contribution in [0.2, 0.25) is 0 Å². The molecule has 5 nitrogen and oxygen atoms in total. The predicted molar refractivity (Wildman–Crippen MR) is 91.6 cm³/mol. The molecule has 2 amide bonds. The minimum Gasteiger partial charge on any atom is -0.383 e. The fourth-order valence-corrected chi connectivity index (χ4v) is 3.74. The van der Waals surface area contributed by atoms with Crippen molar-refractivity contribution in [3.63, 3.8) is 0 Å². The van der Waals surface area contributed by atoms with Crippen molar-refractivity contribution in [2.45, 2.75) is 25.7 Å². The van der Waals surface area contributed by atoms with E-state index in [4.69, 9.17) is 4.74 Å². The number of hydrogen-bond donors (Lipinski definition) is 0. The van der Waals surface area contributed by atoms with Gasteiger partial charge in [0.05, 0.1) is 18.4 Å². The van der Waals surface area contributed by atoms with Gasteiger partial charge in [0.1, 0.15) is 0 Å². The van der Waals surface area contributed by atoms with Crippen LogP contribution in [0.5, 0.6) is 0 Å². The largest absolute Gasteiger partial charge is 0.383 e. The molecule has 0 bridgehead atoms. The monoisotopic (exact) mass is 338 g/mol. The van der Waals surface area contributed by atoms with Crippen molar-refractivity contribution in [2.24, 2.45) is 5.92 Å². The SMILES string of the molecule is COCCN(C)C(=O)[C@@H]1CCCN(C(=O)[C@H](C)c2cccs2)C1. The van der Waals surface area contributed by atoms with Gasteiger partial charge in [0.2, 0.25) is 11.8 Å². The Morgan fingerprint density at radius 2 is 2.30 bits per heavy atom. The maximum Gasteiger partial charge on any atom is 0.230 e. The van der Waals surface area contributed by atoms with Gasteiger partial charge in [-0.05, 0) is 31.2 Å². The Labute approximate surface area is 142 Å². The summed E-state index contributed by atoms with van der Waals surface area (Å²) in [4.78, 5) is 29.9. The molecule has 2 atom stereocenters. The average Bonchev–Trinajstić information content (AvgIpc) is 3.12. The van der Waals surface area contributed by atoms with Crippen molar-refractivity contribution in [2.75, 3.05) is 40.4 Å². The van der Waals surface area contributed by atoms with Crippen LogP contribution in [0.1, 0.15) is 30.6 Å². The molecule has 1 saturated heterocycles. The molecular weight excluding hydrogens is 312 g/mol. The minimum absolute atomic E-state index is 0.0925. The topological polar surface area (TPSA) is 49.9 Å². The van der Waals surface area contributed by atoms with E-state index in [1.54, 1.807) is 30.4 Å². The molecule has 0 radical (unpaired) electrons. The van der Waals surface area contributed by atoms with E-state index in [0.29, 0.717) is 19.7 Å². The Bertz CT molecular complexity index is 518. The summed E-state index contributed by atoms with van der Waals surface area (Å²) in [7, 11) is 3.43. The standard InChI is InChI=1S/C17H26N2O3S/c1-13(15-7-5-11-23-15)16(20)19-8-4-6-14(12-19)17(21)18(2)9-10-22-3/h5,7,11,13-14H,4,6,8-10,12H2,1-3H3/t13-,14-/m1/s1. The van der Waals surface area contributed by atoms with Crippen molar-refractivity contribution in [3.05, 3.63) is 22.4 Å². The molecule has 0 spiro atoms. The number of likely N-dealkylation sites (N-methyl/N-ethyl adjacent to an activating group) is 1. The molecule has 6 heteroatoms. The van der Waals surface area contributed by atoms with Crippen LogP contribution in [0, 0.1) is 5.92 Å². The minimum atomic E-state index is -0.130. The summed E-state index contributed by atoms with van der Waals surface area (Å²) in [6, 6.07) is 3.97. The molecule has 0 aromatic carbocycles. The summed E-state index contributed by atoms with van der Waals surface area (Å²) in [5, 5.41) is 1.99. The molecule has 1 aromatic heterocycles. The molecule has 0 N–H and O–H groups in total. The smallest absolute Gasteiger partial charge is 0.230 e. The van der Waals surface area contributed by atoms with Crippen molar-refractivity contribution in [3.8, 4) is 0 Å². The van der Waals surface area contributed by atoms with Crippen LogP contribution in [0.25, 0.3) is 0 Å². The van der Waals surface area contributed by atoms with Gasteiger partial charge < -0.3 is 14.5 Å². The number of piperidine rings is 1. The third-order valence-electron chi connectivity index (χ3n) is 4.43. The van der Waals surface area contributed by atoms with Gasteiger partial charge in [-0.3, -0.25) is 9.59 Å². The first-order valence-corrected chi connectivity index (χ1v) is 8.98. The van der Waals surface area contributed by atoms with Crippen molar-refractivity contribution in [1.29, 1.82) is 0 Å². The van der Waals surface area contributed by atoms with Gasteiger partial charge in [0.25, 0.3) is 0 Å². The molecule has 1 fully saturated rings. The highest BCUT2D eigenvalue weighted by molar-refractivity contribution is 7.10. The van der Waals surface area contributed by atoms with Crippen molar-refractivity contribution >= 4 is 23.2 Å². The maximum absolute atomic E-state index is 12.7. The summed E-state index contributed by atoms with van der Waals surface area (Å²) >= 11 is 1.61. The number of thiophene rings is 1. The highest BCUT2D eigenvalue weighted by Crippen LogP contribution is 2.26.